The highest BCUT2D eigenvalue weighted by molar-refractivity contribution is 5.88. The monoisotopic (exact) mass is 346 g/mol. The first kappa shape index (κ1) is 16.8. The molecule has 0 saturated carbocycles. The van der Waals surface area contributed by atoms with Gasteiger partial charge in [0.15, 0.2) is 0 Å². The summed E-state index contributed by atoms with van der Waals surface area (Å²) in [5.74, 6) is -0.211. The predicted octanol–water partition coefficient (Wildman–Crippen LogP) is 3.27. The van der Waals surface area contributed by atoms with Crippen LogP contribution in [0.1, 0.15) is 24.6 Å². The number of pyridine rings is 1. The van der Waals surface area contributed by atoms with Crippen LogP contribution in [-0.4, -0.2) is 31.9 Å². The maximum absolute atomic E-state index is 13.4. The summed E-state index contributed by atoms with van der Waals surface area (Å²) in [6.45, 7) is 1.88. The Balaban J connectivity index is 2.17. The molecule has 0 unspecified atom stereocenters. The number of alkyl halides is 2. The van der Waals surface area contributed by atoms with Crippen molar-refractivity contribution in [2.45, 2.75) is 13.3 Å². The third-order valence-corrected chi connectivity index (χ3v) is 3.64. The molecule has 0 saturated heterocycles. The van der Waals surface area contributed by atoms with E-state index >= 15 is 0 Å². The number of ether oxygens (including phenoxy) is 1. The molecule has 0 aliphatic carbocycles. The van der Waals surface area contributed by atoms with Gasteiger partial charge in [-0.3, -0.25) is 9.25 Å². The highest BCUT2D eigenvalue weighted by atomic mass is 19.3. The summed E-state index contributed by atoms with van der Waals surface area (Å²) < 4.78 is 34.6. The van der Waals surface area contributed by atoms with Gasteiger partial charge in [0.25, 0.3) is 6.43 Å². The minimum atomic E-state index is -2.78. The van der Waals surface area contributed by atoms with Crippen molar-refractivity contribution in [1.29, 1.82) is 0 Å². The molecular formula is C17H16F2N4O2. The van der Waals surface area contributed by atoms with E-state index in [9.17, 15) is 13.6 Å². The quantitative estimate of drug-likeness (QED) is 0.525. The Kier molecular flexibility index (Phi) is 4.60. The molecule has 25 heavy (non-hydrogen) atoms. The Morgan fingerprint density at radius 2 is 2.20 bits per heavy atom. The average molecular weight is 346 g/mol. The fraction of sp³-hybridized carbons (Fsp3) is 0.235. The van der Waals surface area contributed by atoms with Crippen molar-refractivity contribution in [3.63, 3.8) is 0 Å². The minimum Gasteiger partial charge on any atom is -0.463 e. The highest BCUT2D eigenvalue weighted by Gasteiger charge is 2.23. The SMILES string of the molecule is CCOC(=O)/C=C/c1c(C(F)F)nn(C)c1-n1ccc2cccnc21. The summed E-state index contributed by atoms with van der Waals surface area (Å²) in [5.41, 5.74) is 0.349. The number of carbonyl (C=O) groups excluding carboxylic acids is 1. The average Bonchev–Trinajstić information content (AvgIpc) is 3.14. The number of hydrogen-bond donors (Lipinski definition) is 0. The summed E-state index contributed by atoms with van der Waals surface area (Å²) in [6.07, 6.45) is 2.99. The molecular weight excluding hydrogens is 330 g/mol. The zero-order valence-electron chi connectivity index (χ0n) is 13.7. The lowest BCUT2D eigenvalue weighted by Crippen LogP contribution is -2.04. The Hall–Kier alpha value is -3.03. The molecule has 3 aromatic rings. The maximum Gasteiger partial charge on any atom is 0.330 e. The first-order chi connectivity index (χ1) is 12.0. The van der Waals surface area contributed by atoms with Crippen LogP contribution in [0.5, 0.6) is 0 Å². The molecule has 0 aliphatic rings. The maximum atomic E-state index is 13.4. The lowest BCUT2D eigenvalue weighted by Gasteiger charge is -2.07. The molecule has 0 aromatic carbocycles. The van der Waals surface area contributed by atoms with Gasteiger partial charge in [0.05, 0.1) is 6.61 Å². The number of esters is 1. The first-order valence-electron chi connectivity index (χ1n) is 7.65. The molecule has 3 heterocycles. The van der Waals surface area contributed by atoms with E-state index in [4.69, 9.17) is 4.74 Å². The first-order valence-corrected chi connectivity index (χ1v) is 7.65. The van der Waals surface area contributed by atoms with E-state index in [1.807, 2.05) is 12.1 Å². The number of aromatic nitrogens is 4. The van der Waals surface area contributed by atoms with Gasteiger partial charge in [0, 0.05) is 36.5 Å². The molecule has 0 radical (unpaired) electrons. The Labute approximate surface area is 142 Å². The fourth-order valence-electron chi connectivity index (χ4n) is 2.64. The lowest BCUT2D eigenvalue weighted by atomic mass is 10.2. The van der Waals surface area contributed by atoms with Gasteiger partial charge in [-0.15, -0.1) is 0 Å². The van der Waals surface area contributed by atoms with E-state index in [0.717, 1.165) is 11.5 Å². The third kappa shape index (κ3) is 3.15. The van der Waals surface area contributed by atoms with Crippen LogP contribution in [0, 0.1) is 0 Å². The van der Waals surface area contributed by atoms with Crippen LogP contribution in [0.2, 0.25) is 0 Å². The molecule has 3 rings (SSSR count). The molecule has 6 nitrogen and oxygen atoms in total. The smallest absolute Gasteiger partial charge is 0.330 e. The van der Waals surface area contributed by atoms with Gasteiger partial charge < -0.3 is 4.74 Å². The number of fused-ring (bicyclic) bond motifs is 1. The summed E-state index contributed by atoms with van der Waals surface area (Å²) in [4.78, 5) is 15.9. The molecule has 0 spiro atoms. The van der Waals surface area contributed by atoms with E-state index in [1.165, 1.54) is 10.8 Å². The standard InChI is InChI=1S/C17H16F2N4O2/c1-3-25-13(24)7-6-12-14(15(18)19)21-22(2)17(12)23-10-8-11-5-4-9-20-16(11)23/h4-10,15H,3H2,1-2H3/b7-6+. The number of nitrogens with zero attached hydrogens (tertiary/aromatic N) is 4. The summed E-state index contributed by atoms with van der Waals surface area (Å²) in [5, 5.41) is 4.78. The number of rotatable bonds is 5. The number of halogens is 2. The van der Waals surface area contributed by atoms with Gasteiger partial charge in [-0.2, -0.15) is 5.10 Å². The van der Waals surface area contributed by atoms with Crippen LogP contribution < -0.4 is 0 Å². The zero-order valence-corrected chi connectivity index (χ0v) is 13.7. The molecule has 0 atom stereocenters. The second-order valence-corrected chi connectivity index (χ2v) is 5.23. The summed E-state index contributed by atoms with van der Waals surface area (Å²) >= 11 is 0. The molecule has 0 fully saturated rings. The van der Waals surface area contributed by atoms with Crippen LogP contribution >= 0.6 is 0 Å². The van der Waals surface area contributed by atoms with Gasteiger partial charge in [0.1, 0.15) is 17.2 Å². The second-order valence-electron chi connectivity index (χ2n) is 5.23. The van der Waals surface area contributed by atoms with Crippen molar-refractivity contribution in [3.8, 4) is 5.82 Å². The highest BCUT2D eigenvalue weighted by Crippen LogP contribution is 2.30. The van der Waals surface area contributed by atoms with Gasteiger partial charge >= 0.3 is 5.97 Å². The molecule has 0 N–H and O–H groups in total. The Bertz CT molecular complexity index is 943. The van der Waals surface area contributed by atoms with Crippen LogP contribution in [0.25, 0.3) is 22.9 Å². The summed E-state index contributed by atoms with van der Waals surface area (Å²) in [7, 11) is 1.57. The molecule has 130 valence electrons. The fourth-order valence-corrected chi connectivity index (χ4v) is 2.64. The van der Waals surface area contributed by atoms with Gasteiger partial charge in [0.2, 0.25) is 0 Å². The van der Waals surface area contributed by atoms with Crippen molar-refractivity contribution in [2.75, 3.05) is 6.61 Å². The number of aryl methyl sites for hydroxylation is 1. The van der Waals surface area contributed by atoms with E-state index in [2.05, 4.69) is 10.1 Å². The molecule has 8 heteroatoms. The zero-order chi connectivity index (χ0) is 18.0. The molecule has 3 aromatic heterocycles. The van der Waals surface area contributed by atoms with E-state index < -0.39 is 18.1 Å². The van der Waals surface area contributed by atoms with Crippen molar-refractivity contribution in [2.24, 2.45) is 7.05 Å². The molecule has 0 aliphatic heterocycles. The normalized spacial score (nSPS) is 11.7. The van der Waals surface area contributed by atoms with E-state index in [-0.39, 0.29) is 12.2 Å². The van der Waals surface area contributed by atoms with Crippen molar-refractivity contribution in [3.05, 3.63) is 47.9 Å². The third-order valence-electron chi connectivity index (χ3n) is 3.64. The molecule has 0 bridgehead atoms. The summed E-state index contributed by atoms with van der Waals surface area (Å²) in [6, 6.07) is 5.50. The van der Waals surface area contributed by atoms with Crippen molar-refractivity contribution >= 4 is 23.1 Å². The Morgan fingerprint density at radius 3 is 2.92 bits per heavy atom. The number of carbonyl (C=O) groups is 1. The lowest BCUT2D eigenvalue weighted by molar-refractivity contribution is -0.137. The van der Waals surface area contributed by atoms with Gasteiger partial charge in [-0.05, 0) is 31.2 Å². The second kappa shape index (κ2) is 6.84. The van der Waals surface area contributed by atoms with Crippen LogP contribution in [-0.2, 0) is 16.6 Å². The van der Waals surface area contributed by atoms with Crippen LogP contribution in [0.3, 0.4) is 0 Å². The van der Waals surface area contributed by atoms with E-state index in [0.29, 0.717) is 11.5 Å². The Morgan fingerprint density at radius 1 is 1.40 bits per heavy atom. The van der Waals surface area contributed by atoms with Crippen molar-refractivity contribution < 1.29 is 18.3 Å². The number of hydrogen-bond acceptors (Lipinski definition) is 4. The largest absolute Gasteiger partial charge is 0.463 e. The van der Waals surface area contributed by atoms with Crippen LogP contribution in [0.4, 0.5) is 8.78 Å². The topological polar surface area (TPSA) is 61.9 Å². The minimum absolute atomic E-state index is 0.147. The molecule has 0 amide bonds. The van der Waals surface area contributed by atoms with Crippen molar-refractivity contribution in [1.82, 2.24) is 19.3 Å². The van der Waals surface area contributed by atoms with Gasteiger partial charge in [-0.1, -0.05) is 0 Å². The van der Waals surface area contributed by atoms with Gasteiger partial charge in [-0.25, -0.2) is 18.6 Å². The predicted molar refractivity (Wildman–Crippen MR) is 88.5 cm³/mol. The van der Waals surface area contributed by atoms with Crippen LogP contribution in [0.15, 0.2) is 36.7 Å². The van der Waals surface area contributed by atoms with E-state index in [1.54, 1.807) is 37.0 Å².